The fraction of sp³-hybridized carbons (Fsp3) is 0.312. The zero-order valence-corrected chi connectivity index (χ0v) is 12.5. The number of anilines is 2. The van der Waals surface area contributed by atoms with E-state index in [-0.39, 0.29) is 5.91 Å². The van der Waals surface area contributed by atoms with Gasteiger partial charge in [0.1, 0.15) is 0 Å². The molecule has 6 heteroatoms. The van der Waals surface area contributed by atoms with Crippen molar-refractivity contribution in [3.05, 3.63) is 48.5 Å². The Hall–Kier alpha value is -2.47. The molecule has 3 rings (SSSR count). The van der Waals surface area contributed by atoms with Crippen molar-refractivity contribution in [2.45, 2.75) is 0 Å². The van der Waals surface area contributed by atoms with Crippen molar-refractivity contribution in [1.29, 1.82) is 0 Å². The Kier molecular flexibility index (Phi) is 4.29. The molecule has 1 fully saturated rings. The number of nitrogens with zero attached hydrogens (tertiary/aromatic N) is 4. The van der Waals surface area contributed by atoms with Gasteiger partial charge < -0.3 is 14.5 Å². The second kappa shape index (κ2) is 6.53. The molecule has 0 bridgehead atoms. The minimum atomic E-state index is -0.101. The number of hydrogen-bond donors (Lipinski definition) is 0. The molecule has 22 heavy (non-hydrogen) atoms. The largest absolute Gasteiger partial charge is 0.378 e. The van der Waals surface area contributed by atoms with Crippen LogP contribution in [0.15, 0.2) is 43.0 Å². The van der Waals surface area contributed by atoms with Gasteiger partial charge in [0.2, 0.25) is 0 Å². The van der Waals surface area contributed by atoms with Gasteiger partial charge in [-0.3, -0.25) is 14.8 Å². The van der Waals surface area contributed by atoms with Crippen molar-refractivity contribution in [3.63, 3.8) is 0 Å². The number of aromatic nitrogens is 2. The smallest absolute Gasteiger partial charge is 0.259 e. The first-order chi connectivity index (χ1) is 10.8. The Morgan fingerprint density at radius 3 is 2.77 bits per heavy atom. The lowest BCUT2D eigenvalue weighted by Crippen LogP contribution is -2.36. The van der Waals surface area contributed by atoms with Crippen LogP contribution in [0.2, 0.25) is 0 Å². The van der Waals surface area contributed by atoms with Gasteiger partial charge in [-0.1, -0.05) is 0 Å². The first kappa shape index (κ1) is 14.5. The third-order valence-electron chi connectivity index (χ3n) is 3.68. The molecule has 0 unspecified atom stereocenters. The van der Waals surface area contributed by atoms with Crippen LogP contribution in [0.1, 0.15) is 10.4 Å². The number of pyridine rings is 2. The summed E-state index contributed by atoms with van der Waals surface area (Å²) in [6, 6.07) is 5.54. The fourth-order valence-electron chi connectivity index (χ4n) is 2.40. The third-order valence-corrected chi connectivity index (χ3v) is 3.68. The Morgan fingerprint density at radius 1 is 1.23 bits per heavy atom. The van der Waals surface area contributed by atoms with Crippen LogP contribution in [0, 0.1) is 0 Å². The molecule has 1 amide bonds. The number of amides is 1. The predicted octanol–water partition coefficient (Wildman–Crippen LogP) is 1.59. The molecule has 114 valence electrons. The van der Waals surface area contributed by atoms with Gasteiger partial charge >= 0.3 is 0 Å². The molecular weight excluding hydrogens is 280 g/mol. The summed E-state index contributed by atoms with van der Waals surface area (Å²) in [4.78, 5) is 24.6. The number of rotatable bonds is 3. The summed E-state index contributed by atoms with van der Waals surface area (Å²) in [6.45, 7) is 3.04. The van der Waals surface area contributed by atoms with Gasteiger partial charge in [0.05, 0.1) is 42.5 Å². The number of carbonyl (C=O) groups is 1. The first-order valence-corrected chi connectivity index (χ1v) is 7.21. The zero-order chi connectivity index (χ0) is 15.4. The third kappa shape index (κ3) is 3.07. The van der Waals surface area contributed by atoms with Crippen molar-refractivity contribution in [3.8, 4) is 0 Å². The Bertz CT molecular complexity index is 642. The molecule has 6 nitrogen and oxygen atoms in total. The Morgan fingerprint density at radius 2 is 2.05 bits per heavy atom. The van der Waals surface area contributed by atoms with Crippen LogP contribution in [0.5, 0.6) is 0 Å². The van der Waals surface area contributed by atoms with E-state index < -0.39 is 0 Å². The molecular formula is C16H18N4O2. The molecule has 3 heterocycles. The van der Waals surface area contributed by atoms with Crippen LogP contribution >= 0.6 is 0 Å². The topological polar surface area (TPSA) is 58.6 Å². The highest BCUT2D eigenvalue weighted by Crippen LogP contribution is 2.19. The van der Waals surface area contributed by atoms with Gasteiger partial charge in [-0.25, -0.2) is 0 Å². The lowest BCUT2D eigenvalue weighted by molar-refractivity contribution is 0.0992. The average Bonchev–Trinajstić information content (AvgIpc) is 2.62. The maximum atomic E-state index is 12.6. The second-order valence-corrected chi connectivity index (χ2v) is 5.11. The van der Waals surface area contributed by atoms with Crippen LogP contribution in [0.4, 0.5) is 11.4 Å². The predicted molar refractivity (Wildman–Crippen MR) is 84.2 cm³/mol. The van der Waals surface area contributed by atoms with Gasteiger partial charge in [0.25, 0.3) is 5.91 Å². The molecule has 0 aliphatic carbocycles. The monoisotopic (exact) mass is 298 g/mol. The van der Waals surface area contributed by atoms with E-state index in [1.165, 1.54) is 0 Å². The highest BCUT2D eigenvalue weighted by atomic mass is 16.5. The van der Waals surface area contributed by atoms with E-state index in [0.717, 1.165) is 24.5 Å². The maximum Gasteiger partial charge on any atom is 0.259 e. The molecule has 1 aliphatic rings. The summed E-state index contributed by atoms with van der Waals surface area (Å²) in [5, 5.41) is 0. The molecule has 1 saturated heterocycles. The van der Waals surface area contributed by atoms with Gasteiger partial charge in [-0.15, -0.1) is 0 Å². The highest BCUT2D eigenvalue weighted by Gasteiger charge is 2.17. The van der Waals surface area contributed by atoms with Crippen LogP contribution < -0.4 is 9.80 Å². The molecule has 0 N–H and O–H groups in total. The maximum absolute atomic E-state index is 12.6. The minimum Gasteiger partial charge on any atom is -0.378 e. The molecule has 0 atom stereocenters. The van der Waals surface area contributed by atoms with Crippen molar-refractivity contribution < 1.29 is 9.53 Å². The molecule has 2 aromatic rings. The molecule has 0 radical (unpaired) electrons. The standard InChI is InChI=1S/C16H18N4O2/c1-19(14-3-2-4-17-11-14)16(21)13-9-15(12-18-10-13)20-5-7-22-8-6-20/h2-4,9-12H,5-8H2,1H3. The van der Waals surface area contributed by atoms with Crippen molar-refractivity contribution in [1.82, 2.24) is 9.97 Å². The van der Waals surface area contributed by atoms with Gasteiger partial charge in [0, 0.05) is 32.5 Å². The van der Waals surface area contributed by atoms with E-state index in [0.29, 0.717) is 18.8 Å². The number of hydrogen-bond acceptors (Lipinski definition) is 5. The van der Waals surface area contributed by atoms with Crippen molar-refractivity contribution >= 4 is 17.3 Å². The number of morpholine rings is 1. The van der Waals surface area contributed by atoms with E-state index in [1.807, 2.05) is 18.2 Å². The molecule has 0 saturated carbocycles. The van der Waals surface area contributed by atoms with Crippen LogP contribution in [0.25, 0.3) is 0 Å². The summed E-state index contributed by atoms with van der Waals surface area (Å²) >= 11 is 0. The summed E-state index contributed by atoms with van der Waals surface area (Å²) in [7, 11) is 1.74. The van der Waals surface area contributed by atoms with Crippen molar-refractivity contribution in [2.24, 2.45) is 0 Å². The summed E-state index contributed by atoms with van der Waals surface area (Å²) in [6.07, 6.45) is 6.73. The quantitative estimate of drug-likeness (QED) is 0.861. The van der Waals surface area contributed by atoms with Crippen LogP contribution in [-0.4, -0.2) is 49.2 Å². The Labute approximate surface area is 129 Å². The van der Waals surface area contributed by atoms with Gasteiger partial charge in [-0.2, -0.15) is 0 Å². The summed E-state index contributed by atoms with van der Waals surface area (Å²) in [5.41, 5.74) is 2.27. The lowest BCUT2D eigenvalue weighted by Gasteiger charge is -2.28. The molecule has 2 aromatic heterocycles. The van der Waals surface area contributed by atoms with Crippen LogP contribution in [0.3, 0.4) is 0 Å². The van der Waals surface area contributed by atoms with E-state index >= 15 is 0 Å². The second-order valence-electron chi connectivity index (χ2n) is 5.11. The Balaban J connectivity index is 1.80. The first-order valence-electron chi connectivity index (χ1n) is 7.21. The average molecular weight is 298 g/mol. The fourth-order valence-corrected chi connectivity index (χ4v) is 2.40. The number of ether oxygens (including phenoxy) is 1. The van der Waals surface area contributed by atoms with Crippen molar-refractivity contribution in [2.75, 3.05) is 43.2 Å². The lowest BCUT2D eigenvalue weighted by atomic mass is 10.2. The van der Waals surface area contributed by atoms with Crippen LogP contribution in [-0.2, 0) is 4.74 Å². The summed E-state index contributed by atoms with van der Waals surface area (Å²) < 4.78 is 5.35. The minimum absolute atomic E-state index is 0.101. The molecule has 0 aromatic carbocycles. The van der Waals surface area contributed by atoms with E-state index in [4.69, 9.17) is 4.74 Å². The van der Waals surface area contributed by atoms with Gasteiger partial charge in [0.15, 0.2) is 0 Å². The SMILES string of the molecule is CN(C(=O)c1cncc(N2CCOCC2)c1)c1cccnc1. The summed E-state index contributed by atoms with van der Waals surface area (Å²) in [5.74, 6) is -0.101. The van der Waals surface area contributed by atoms with E-state index in [2.05, 4.69) is 14.9 Å². The zero-order valence-electron chi connectivity index (χ0n) is 12.5. The number of carbonyl (C=O) groups excluding carboxylic acids is 1. The molecule has 1 aliphatic heterocycles. The normalized spacial score (nSPS) is 14.7. The van der Waals surface area contributed by atoms with E-state index in [9.17, 15) is 4.79 Å². The highest BCUT2D eigenvalue weighted by molar-refractivity contribution is 6.05. The van der Waals surface area contributed by atoms with E-state index in [1.54, 1.807) is 36.7 Å². The molecule has 0 spiro atoms. The van der Waals surface area contributed by atoms with Gasteiger partial charge in [-0.05, 0) is 18.2 Å².